The van der Waals surface area contributed by atoms with Crippen molar-refractivity contribution in [3.05, 3.63) is 22.3 Å². The van der Waals surface area contributed by atoms with Gasteiger partial charge >= 0.3 is 0 Å². The Kier molecular flexibility index (Phi) is 3.98. The summed E-state index contributed by atoms with van der Waals surface area (Å²) in [6.45, 7) is 12.1. The molecule has 1 fully saturated rings. The van der Waals surface area contributed by atoms with E-state index in [1.165, 1.54) is 0 Å². The molecule has 1 saturated heterocycles. The van der Waals surface area contributed by atoms with Gasteiger partial charge in [-0.2, -0.15) is 0 Å². The van der Waals surface area contributed by atoms with Crippen LogP contribution >= 0.6 is 0 Å². The Balaban J connectivity index is 2.34. The topological polar surface area (TPSA) is 52.6 Å². The van der Waals surface area contributed by atoms with Crippen molar-refractivity contribution in [3.8, 4) is 0 Å². The Morgan fingerprint density at radius 3 is 2.14 bits per heavy atom. The average Bonchev–Trinajstić information content (AvgIpc) is 2.88. The minimum atomic E-state index is -0.451. The minimum Gasteiger partial charge on any atom is -0.352 e. The van der Waals surface area contributed by atoms with Crippen molar-refractivity contribution in [2.75, 3.05) is 13.4 Å². The van der Waals surface area contributed by atoms with E-state index >= 15 is 0 Å². The van der Waals surface area contributed by atoms with Crippen molar-refractivity contribution in [2.24, 2.45) is 5.41 Å². The third-order valence-corrected chi connectivity index (χ3v) is 5.20. The molecule has 4 nitrogen and oxygen atoms in total. The van der Waals surface area contributed by atoms with E-state index in [4.69, 9.17) is 9.47 Å². The van der Waals surface area contributed by atoms with E-state index in [0.717, 1.165) is 0 Å². The molecule has 1 heterocycles. The van der Waals surface area contributed by atoms with Gasteiger partial charge in [-0.25, -0.2) is 0 Å². The fourth-order valence-electron chi connectivity index (χ4n) is 2.84. The second-order valence-electron chi connectivity index (χ2n) is 6.91. The van der Waals surface area contributed by atoms with Gasteiger partial charge in [-0.1, -0.05) is 13.8 Å². The number of allylic oxidation sites excluding steroid dienone is 4. The van der Waals surface area contributed by atoms with E-state index in [0.29, 0.717) is 35.3 Å². The maximum absolute atomic E-state index is 12.5. The van der Waals surface area contributed by atoms with E-state index in [9.17, 15) is 9.59 Å². The average molecular weight is 292 g/mol. The van der Waals surface area contributed by atoms with E-state index in [2.05, 4.69) is 13.8 Å². The number of ether oxygens (including phenoxy) is 2. The smallest absolute Gasteiger partial charge is 0.185 e. The second-order valence-corrected chi connectivity index (χ2v) is 6.91. The van der Waals surface area contributed by atoms with E-state index in [1.807, 2.05) is 6.92 Å². The number of hydrogen-bond acceptors (Lipinski definition) is 4. The zero-order chi connectivity index (χ0) is 16.0. The summed E-state index contributed by atoms with van der Waals surface area (Å²) in [6, 6.07) is 0. The van der Waals surface area contributed by atoms with Crippen molar-refractivity contribution in [1.82, 2.24) is 0 Å². The lowest BCUT2D eigenvalue weighted by atomic mass is 9.69. The normalized spacial score (nSPS) is 27.9. The number of rotatable bonds is 3. The summed E-state index contributed by atoms with van der Waals surface area (Å²) >= 11 is 0. The van der Waals surface area contributed by atoms with Crippen molar-refractivity contribution in [1.29, 1.82) is 0 Å². The molecular formula is C17H24O4. The highest BCUT2D eigenvalue weighted by atomic mass is 16.7. The summed E-state index contributed by atoms with van der Waals surface area (Å²) in [5.74, 6) is -0.0353. The zero-order valence-electron chi connectivity index (χ0n) is 13.8. The minimum absolute atomic E-state index is 0.0137. The molecule has 21 heavy (non-hydrogen) atoms. The molecule has 4 heteroatoms. The van der Waals surface area contributed by atoms with Crippen LogP contribution in [0.3, 0.4) is 0 Å². The first-order valence-electron chi connectivity index (χ1n) is 7.29. The molecule has 1 aliphatic carbocycles. The SMILES string of the molecule is CC1=C(C)C(=O)C(CC(C)(C)C2(C)COCO2)=C(C)C1=O. The summed E-state index contributed by atoms with van der Waals surface area (Å²) < 4.78 is 11.1. The maximum Gasteiger partial charge on any atom is 0.185 e. The number of hydrogen-bond donors (Lipinski definition) is 0. The Morgan fingerprint density at radius 1 is 1.05 bits per heavy atom. The van der Waals surface area contributed by atoms with Gasteiger partial charge in [0.05, 0.1) is 12.2 Å². The first kappa shape index (κ1) is 16.1. The summed E-state index contributed by atoms with van der Waals surface area (Å²) in [4.78, 5) is 24.8. The molecule has 116 valence electrons. The lowest BCUT2D eigenvalue weighted by Gasteiger charge is -2.40. The van der Waals surface area contributed by atoms with Gasteiger partial charge in [0.2, 0.25) is 0 Å². The molecule has 0 radical (unpaired) electrons. The second kappa shape index (κ2) is 5.18. The summed E-state index contributed by atoms with van der Waals surface area (Å²) in [5, 5.41) is 0. The lowest BCUT2D eigenvalue weighted by molar-refractivity contribution is -0.117. The first-order valence-corrected chi connectivity index (χ1v) is 7.29. The van der Waals surface area contributed by atoms with Gasteiger partial charge in [-0.3, -0.25) is 9.59 Å². The van der Waals surface area contributed by atoms with Crippen molar-refractivity contribution in [2.45, 2.75) is 53.6 Å². The Hall–Kier alpha value is -1.26. The molecule has 0 aromatic heterocycles. The molecule has 1 aliphatic heterocycles. The van der Waals surface area contributed by atoms with Crippen LogP contribution in [0.15, 0.2) is 22.3 Å². The summed E-state index contributed by atoms with van der Waals surface area (Å²) in [6.07, 6.45) is 0.508. The summed E-state index contributed by atoms with van der Waals surface area (Å²) in [5.41, 5.74) is 1.55. The number of carbonyl (C=O) groups excluding carboxylic acids is 2. The molecule has 0 bridgehead atoms. The standard InChI is InChI=1S/C17H24O4/c1-10-11(2)15(19)13(12(3)14(10)18)7-16(4,5)17(6)8-20-9-21-17/h7-9H2,1-6H3. The summed E-state index contributed by atoms with van der Waals surface area (Å²) in [7, 11) is 0. The highest BCUT2D eigenvalue weighted by Gasteiger charge is 2.47. The number of Topliss-reactive ketones (excluding diaryl/α,β-unsaturated/α-hetero) is 2. The van der Waals surface area contributed by atoms with Gasteiger partial charge in [-0.05, 0) is 34.1 Å². The lowest BCUT2D eigenvalue weighted by Crippen LogP contribution is -2.45. The molecule has 2 aliphatic rings. The van der Waals surface area contributed by atoms with Crippen LogP contribution in [0.2, 0.25) is 0 Å². The zero-order valence-corrected chi connectivity index (χ0v) is 13.8. The fourth-order valence-corrected chi connectivity index (χ4v) is 2.84. The van der Waals surface area contributed by atoms with E-state index < -0.39 is 5.60 Å². The highest BCUT2D eigenvalue weighted by Crippen LogP contribution is 2.44. The predicted octanol–water partition coefficient (Wildman–Crippen LogP) is 2.97. The molecule has 0 amide bonds. The van der Waals surface area contributed by atoms with Gasteiger partial charge in [-0.15, -0.1) is 0 Å². The van der Waals surface area contributed by atoms with E-state index in [1.54, 1.807) is 20.8 Å². The molecule has 0 spiro atoms. The van der Waals surface area contributed by atoms with Crippen molar-refractivity contribution < 1.29 is 19.1 Å². The Bertz CT molecular complexity index is 557. The van der Waals surface area contributed by atoms with Gasteiger partial charge in [0.1, 0.15) is 6.79 Å². The monoisotopic (exact) mass is 292 g/mol. The fraction of sp³-hybridized carbons (Fsp3) is 0.647. The Labute approximate surface area is 126 Å². The Morgan fingerprint density at radius 2 is 1.62 bits per heavy atom. The number of carbonyl (C=O) groups is 2. The van der Waals surface area contributed by atoms with Crippen LogP contribution in [-0.2, 0) is 19.1 Å². The van der Waals surface area contributed by atoms with Crippen molar-refractivity contribution in [3.63, 3.8) is 0 Å². The van der Waals surface area contributed by atoms with Crippen LogP contribution < -0.4 is 0 Å². The maximum atomic E-state index is 12.5. The largest absolute Gasteiger partial charge is 0.352 e. The molecule has 2 rings (SSSR count). The third-order valence-electron chi connectivity index (χ3n) is 5.20. The molecule has 0 saturated carbocycles. The first-order chi connectivity index (χ1) is 9.61. The van der Waals surface area contributed by atoms with Crippen LogP contribution in [0.1, 0.15) is 48.0 Å². The van der Waals surface area contributed by atoms with E-state index in [-0.39, 0.29) is 23.8 Å². The highest BCUT2D eigenvalue weighted by molar-refractivity contribution is 6.24. The van der Waals surface area contributed by atoms with Gasteiger partial charge in [0.15, 0.2) is 11.6 Å². The molecule has 0 aromatic rings. The van der Waals surface area contributed by atoms with Gasteiger partial charge in [0.25, 0.3) is 0 Å². The van der Waals surface area contributed by atoms with Gasteiger partial charge in [0, 0.05) is 27.7 Å². The van der Waals surface area contributed by atoms with Crippen LogP contribution in [0.5, 0.6) is 0 Å². The molecule has 1 unspecified atom stereocenters. The van der Waals surface area contributed by atoms with Crippen LogP contribution in [0.25, 0.3) is 0 Å². The van der Waals surface area contributed by atoms with Crippen LogP contribution in [0, 0.1) is 5.41 Å². The van der Waals surface area contributed by atoms with Gasteiger partial charge < -0.3 is 9.47 Å². The number of ketones is 2. The molecule has 1 atom stereocenters. The molecule has 0 N–H and O–H groups in total. The van der Waals surface area contributed by atoms with Crippen LogP contribution in [-0.4, -0.2) is 30.6 Å². The quantitative estimate of drug-likeness (QED) is 0.750. The molecular weight excluding hydrogens is 268 g/mol. The third kappa shape index (κ3) is 2.51. The van der Waals surface area contributed by atoms with Crippen LogP contribution in [0.4, 0.5) is 0 Å². The predicted molar refractivity (Wildman–Crippen MR) is 79.8 cm³/mol. The molecule has 0 aromatic carbocycles. The van der Waals surface area contributed by atoms with Crippen molar-refractivity contribution >= 4 is 11.6 Å².